The Morgan fingerprint density at radius 1 is 1.26 bits per heavy atom. The highest BCUT2D eigenvalue weighted by Gasteiger charge is 2.26. The average molecular weight is 263 g/mol. The second-order valence-electron chi connectivity index (χ2n) is 5.13. The first kappa shape index (κ1) is 14.5. The van der Waals surface area contributed by atoms with E-state index in [0.717, 1.165) is 26.2 Å². The van der Waals surface area contributed by atoms with Crippen LogP contribution in [0, 0.1) is 0 Å². The second kappa shape index (κ2) is 7.04. The summed E-state index contributed by atoms with van der Waals surface area (Å²) in [4.78, 5) is 0. The third-order valence-corrected chi connectivity index (χ3v) is 3.66. The number of aryl methyl sites for hydroxylation is 1. The van der Waals surface area contributed by atoms with E-state index in [-0.39, 0.29) is 18.2 Å². The number of nitrogens with one attached hydrogen (secondary N) is 1. The SMILES string of the molecule is CCNC(c1ccc(CC)cc1)C(C)OC1COC1. The fourth-order valence-electron chi connectivity index (χ4n) is 2.41. The van der Waals surface area contributed by atoms with Crippen molar-refractivity contribution in [3.63, 3.8) is 0 Å². The van der Waals surface area contributed by atoms with Crippen molar-refractivity contribution >= 4 is 0 Å². The first-order chi connectivity index (χ1) is 9.24. The van der Waals surface area contributed by atoms with E-state index in [0.29, 0.717) is 0 Å². The molecule has 0 saturated carbocycles. The van der Waals surface area contributed by atoms with E-state index in [1.54, 1.807) is 0 Å². The van der Waals surface area contributed by atoms with E-state index < -0.39 is 0 Å². The van der Waals surface area contributed by atoms with E-state index in [4.69, 9.17) is 9.47 Å². The molecule has 1 aromatic carbocycles. The molecule has 0 aromatic heterocycles. The summed E-state index contributed by atoms with van der Waals surface area (Å²) >= 11 is 0. The molecule has 1 aliphatic heterocycles. The van der Waals surface area contributed by atoms with Gasteiger partial charge in [-0.15, -0.1) is 0 Å². The van der Waals surface area contributed by atoms with Crippen molar-refractivity contribution in [1.82, 2.24) is 5.32 Å². The summed E-state index contributed by atoms with van der Waals surface area (Å²) in [6.07, 6.45) is 1.50. The Balaban J connectivity index is 2.03. The van der Waals surface area contributed by atoms with Gasteiger partial charge in [0.2, 0.25) is 0 Å². The van der Waals surface area contributed by atoms with Gasteiger partial charge in [0, 0.05) is 0 Å². The van der Waals surface area contributed by atoms with E-state index in [1.807, 2.05) is 0 Å². The van der Waals surface area contributed by atoms with Crippen LogP contribution in [0.2, 0.25) is 0 Å². The van der Waals surface area contributed by atoms with Crippen molar-refractivity contribution in [3.05, 3.63) is 35.4 Å². The topological polar surface area (TPSA) is 30.5 Å². The quantitative estimate of drug-likeness (QED) is 0.820. The maximum Gasteiger partial charge on any atom is 0.105 e. The molecule has 3 heteroatoms. The highest BCUT2D eigenvalue weighted by molar-refractivity contribution is 5.25. The molecule has 1 N–H and O–H groups in total. The molecule has 0 spiro atoms. The Bertz CT molecular complexity index is 373. The maximum atomic E-state index is 6.02. The van der Waals surface area contributed by atoms with Gasteiger partial charge in [0.1, 0.15) is 6.10 Å². The largest absolute Gasteiger partial charge is 0.376 e. The molecule has 1 aliphatic rings. The van der Waals surface area contributed by atoms with Gasteiger partial charge in [-0.2, -0.15) is 0 Å². The molecule has 2 atom stereocenters. The van der Waals surface area contributed by atoms with Crippen molar-refractivity contribution in [1.29, 1.82) is 0 Å². The molecule has 0 aliphatic carbocycles. The number of ether oxygens (including phenoxy) is 2. The molecule has 1 aromatic rings. The normalized spacial score (nSPS) is 18.9. The van der Waals surface area contributed by atoms with Gasteiger partial charge in [-0.25, -0.2) is 0 Å². The summed E-state index contributed by atoms with van der Waals surface area (Å²) in [6.45, 7) is 8.86. The van der Waals surface area contributed by atoms with Gasteiger partial charge in [0.15, 0.2) is 0 Å². The summed E-state index contributed by atoms with van der Waals surface area (Å²) in [5.74, 6) is 0. The lowest BCUT2D eigenvalue weighted by Gasteiger charge is -2.33. The highest BCUT2D eigenvalue weighted by atomic mass is 16.6. The third kappa shape index (κ3) is 3.78. The molecular formula is C16H25NO2. The van der Waals surface area contributed by atoms with E-state index in [1.165, 1.54) is 11.1 Å². The van der Waals surface area contributed by atoms with E-state index >= 15 is 0 Å². The van der Waals surface area contributed by atoms with Crippen molar-refractivity contribution < 1.29 is 9.47 Å². The summed E-state index contributed by atoms with van der Waals surface area (Å²) < 4.78 is 11.2. The fraction of sp³-hybridized carbons (Fsp3) is 0.625. The summed E-state index contributed by atoms with van der Waals surface area (Å²) in [6, 6.07) is 9.08. The molecule has 2 unspecified atom stereocenters. The van der Waals surface area contributed by atoms with E-state index in [2.05, 4.69) is 50.4 Å². The number of rotatable bonds is 7. The van der Waals surface area contributed by atoms with Crippen LogP contribution in [0.15, 0.2) is 24.3 Å². The highest BCUT2D eigenvalue weighted by Crippen LogP contribution is 2.22. The molecular weight excluding hydrogens is 238 g/mol. The molecule has 0 radical (unpaired) electrons. The van der Waals surface area contributed by atoms with Gasteiger partial charge in [-0.05, 0) is 31.0 Å². The third-order valence-electron chi connectivity index (χ3n) is 3.66. The maximum absolute atomic E-state index is 6.02. The Morgan fingerprint density at radius 2 is 1.95 bits per heavy atom. The smallest absolute Gasteiger partial charge is 0.105 e. The predicted molar refractivity (Wildman–Crippen MR) is 77.4 cm³/mol. The summed E-state index contributed by atoms with van der Waals surface area (Å²) in [5, 5.41) is 3.52. The minimum atomic E-state index is 0.154. The van der Waals surface area contributed by atoms with Gasteiger partial charge in [0.05, 0.1) is 25.4 Å². The number of benzene rings is 1. The van der Waals surface area contributed by atoms with Crippen molar-refractivity contribution in [2.24, 2.45) is 0 Å². The standard InChI is InChI=1S/C16H25NO2/c1-4-13-6-8-14(9-7-13)16(17-5-2)12(3)19-15-10-18-11-15/h6-9,12,15-17H,4-5,10-11H2,1-3H3. The lowest BCUT2D eigenvalue weighted by Crippen LogP contribution is -2.42. The van der Waals surface area contributed by atoms with Crippen LogP contribution < -0.4 is 5.32 Å². The zero-order valence-electron chi connectivity index (χ0n) is 12.2. The number of likely N-dealkylation sites (N-methyl/N-ethyl adjacent to an activating group) is 1. The molecule has 3 nitrogen and oxygen atoms in total. The van der Waals surface area contributed by atoms with E-state index in [9.17, 15) is 0 Å². The first-order valence-corrected chi connectivity index (χ1v) is 7.30. The van der Waals surface area contributed by atoms with Crippen molar-refractivity contribution in [2.75, 3.05) is 19.8 Å². The molecule has 0 bridgehead atoms. The van der Waals surface area contributed by atoms with Gasteiger partial charge in [0.25, 0.3) is 0 Å². The predicted octanol–water partition coefficient (Wildman–Crippen LogP) is 2.70. The summed E-state index contributed by atoms with van der Waals surface area (Å²) in [5.41, 5.74) is 2.67. The van der Waals surface area contributed by atoms with Crippen molar-refractivity contribution in [3.8, 4) is 0 Å². The van der Waals surface area contributed by atoms with Crippen LogP contribution in [0.4, 0.5) is 0 Å². The van der Waals surface area contributed by atoms with Crippen LogP contribution in [-0.2, 0) is 15.9 Å². The first-order valence-electron chi connectivity index (χ1n) is 7.30. The fourth-order valence-corrected chi connectivity index (χ4v) is 2.41. The Morgan fingerprint density at radius 3 is 2.42 bits per heavy atom. The number of hydrogen-bond acceptors (Lipinski definition) is 3. The van der Waals surface area contributed by atoms with Gasteiger partial charge >= 0.3 is 0 Å². The van der Waals surface area contributed by atoms with Gasteiger partial charge in [-0.1, -0.05) is 38.1 Å². The molecule has 106 valence electrons. The zero-order valence-corrected chi connectivity index (χ0v) is 12.2. The Labute approximate surface area is 116 Å². The minimum Gasteiger partial charge on any atom is -0.376 e. The van der Waals surface area contributed by atoms with Crippen LogP contribution in [0.3, 0.4) is 0 Å². The zero-order chi connectivity index (χ0) is 13.7. The van der Waals surface area contributed by atoms with Crippen LogP contribution in [-0.4, -0.2) is 32.0 Å². The van der Waals surface area contributed by atoms with Gasteiger partial charge in [-0.3, -0.25) is 0 Å². The average Bonchev–Trinajstić information content (AvgIpc) is 2.40. The van der Waals surface area contributed by atoms with Crippen molar-refractivity contribution in [2.45, 2.75) is 45.4 Å². The van der Waals surface area contributed by atoms with Crippen LogP contribution in [0.5, 0.6) is 0 Å². The van der Waals surface area contributed by atoms with Crippen LogP contribution in [0.1, 0.15) is 37.9 Å². The monoisotopic (exact) mass is 263 g/mol. The number of hydrogen-bond donors (Lipinski definition) is 1. The molecule has 0 amide bonds. The lowest BCUT2D eigenvalue weighted by atomic mass is 10.00. The molecule has 1 fully saturated rings. The molecule has 19 heavy (non-hydrogen) atoms. The molecule has 1 saturated heterocycles. The minimum absolute atomic E-state index is 0.154. The van der Waals surface area contributed by atoms with Crippen LogP contribution >= 0.6 is 0 Å². The van der Waals surface area contributed by atoms with Crippen LogP contribution in [0.25, 0.3) is 0 Å². The lowest BCUT2D eigenvalue weighted by molar-refractivity contribution is -0.156. The summed E-state index contributed by atoms with van der Waals surface area (Å²) in [7, 11) is 0. The second-order valence-corrected chi connectivity index (χ2v) is 5.13. The molecule has 2 rings (SSSR count). The van der Waals surface area contributed by atoms with Gasteiger partial charge < -0.3 is 14.8 Å². The molecule has 1 heterocycles. The Kier molecular flexibility index (Phi) is 5.37. The Hall–Kier alpha value is -0.900.